The molecule has 0 fully saturated rings. The lowest BCUT2D eigenvalue weighted by molar-refractivity contribution is -0.118. The van der Waals surface area contributed by atoms with Gasteiger partial charge in [-0.15, -0.1) is 5.10 Å². The van der Waals surface area contributed by atoms with Crippen molar-refractivity contribution in [1.29, 1.82) is 0 Å². The van der Waals surface area contributed by atoms with Gasteiger partial charge in [0, 0.05) is 35.9 Å². The monoisotopic (exact) mass is 442 g/mol. The van der Waals surface area contributed by atoms with Crippen molar-refractivity contribution in [1.82, 2.24) is 14.8 Å². The van der Waals surface area contributed by atoms with Crippen LogP contribution in [0.1, 0.15) is 28.8 Å². The minimum atomic E-state index is 0.151. The predicted molar refractivity (Wildman–Crippen MR) is 113 cm³/mol. The van der Waals surface area contributed by atoms with Crippen molar-refractivity contribution in [3.8, 4) is 5.88 Å². The fraction of sp³-hybridized carbons (Fsp3) is 0.381. The van der Waals surface area contributed by atoms with E-state index in [0.29, 0.717) is 18.7 Å². The molecule has 0 unspecified atom stereocenters. The van der Waals surface area contributed by atoms with Crippen LogP contribution in [0.3, 0.4) is 0 Å². The summed E-state index contributed by atoms with van der Waals surface area (Å²) in [7, 11) is 3.48. The summed E-state index contributed by atoms with van der Waals surface area (Å²) < 4.78 is 8.22. The van der Waals surface area contributed by atoms with Crippen molar-refractivity contribution in [3.05, 3.63) is 45.1 Å². The SMILES string of the molecule is COc1nn(C)c2nc(C)c(CCC(=O)N3CCc4cc(Br)ccc43)c(C)c12. The van der Waals surface area contributed by atoms with E-state index in [0.717, 1.165) is 51.0 Å². The summed E-state index contributed by atoms with van der Waals surface area (Å²) in [5.41, 5.74) is 6.19. The number of aromatic nitrogens is 3. The fourth-order valence-electron chi connectivity index (χ4n) is 4.10. The lowest BCUT2D eigenvalue weighted by Crippen LogP contribution is -2.29. The van der Waals surface area contributed by atoms with E-state index in [-0.39, 0.29) is 5.91 Å². The number of nitrogens with zero attached hydrogens (tertiary/aromatic N) is 4. The zero-order chi connectivity index (χ0) is 20.0. The molecule has 0 saturated carbocycles. The smallest absolute Gasteiger partial charge is 0.242 e. The third-order valence-corrected chi connectivity index (χ3v) is 6.04. The van der Waals surface area contributed by atoms with Crippen molar-refractivity contribution in [2.45, 2.75) is 33.1 Å². The van der Waals surface area contributed by atoms with E-state index in [4.69, 9.17) is 9.72 Å². The van der Waals surface area contributed by atoms with Crippen LogP contribution in [0.15, 0.2) is 22.7 Å². The Labute approximate surface area is 172 Å². The molecule has 0 atom stereocenters. The molecular formula is C21H23BrN4O2. The van der Waals surface area contributed by atoms with Gasteiger partial charge in [0.25, 0.3) is 0 Å². The Bertz CT molecular complexity index is 1090. The van der Waals surface area contributed by atoms with Crippen molar-refractivity contribution < 1.29 is 9.53 Å². The Balaban J connectivity index is 1.59. The Hall–Kier alpha value is -2.41. The zero-order valence-corrected chi connectivity index (χ0v) is 18.1. The minimum Gasteiger partial charge on any atom is -0.479 e. The molecule has 2 aromatic heterocycles. The van der Waals surface area contributed by atoms with E-state index in [9.17, 15) is 4.79 Å². The highest BCUT2D eigenvalue weighted by molar-refractivity contribution is 9.10. The number of anilines is 1. The number of amides is 1. The van der Waals surface area contributed by atoms with Crippen LogP contribution in [-0.2, 0) is 24.7 Å². The Morgan fingerprint density at radius 3 is 2.86 bits per heavy atom. The van der Waals surface area contributed by atoms with Crippen LogP contribution in [0.5, 0.6) is 5.88 Å². The number of carbonyl (C=O) groups excluding carboxylic acids is 1. The molecule has 0 radical (unpaired) electrons. The van der Waals surface area contributed by atoms with Gasteiger partial charge in [0.05, 0.1) is 12.5 Å². The van der Waals surface area contributed by atoms with E-state index in [1.807, 2.05) is 31.0 Å². The molecule has 0 saturated heterocycles. The van der Waals surface area contributed by atoms with Crippen LogP contribution in [-0.4, -0.2) is 34.3 Å². The molecule has 0 spiro atoms. The van der Waals surface area contributed by atoms with Crippen LogP contribution >= 0.6 is 15.9 Å². The minimum absolute atomic E-state index is 0.151. The van der Waals surface area contributed by atoms with Crippen molar-refractivity contribution in [2.75, 3.05) is 18.6 Å². The number of ether oxygens (including phenoxy) is 1. The van der Waals surface area contributed by atoms with E-state index >= 15 is 0 Å². The molecule has 0 N–H and O–H groups in total. The van der Waals surface area contributed by atoms with Gasteiger partial charge in [0.2, 0.25) is 11.8 Å². The van der Waals surface area contributed by atoms with Gasteiger partial charge < -0.3 is 9.64 Å². The topological polar surface area (TPSA) is 60.2 Å². The quantitative estimate of drug-likeness (QED) is 0.614. The van der Waals surface area contributed by atoms with Crippen molar-refractivity contribution >= 4 is 38.6 Å². The highest BCUT2D eigenvalue weighted by Crippen LogP contribution is 2.33. The maximum atomic E-state index is 12.9. The van der Waals surface area contributed by atoms with E-state index in [1.165, 1.54) is 5.56 Å². The molecule has 3 heterocycles. The maximum absolute atomic E-state index is 12.9. The third kappa shape index (κ3) is 3.07. The molecule has 28 heavy (non-hydrogen) atoms. The first-order valence-corrected chi connectivity index (χ1v) is 10.2. The van der Waals surface area contributed by atoms with E-state index < -0.39 is 0 Å². The van der Waals surface area contributed by atoms with E-state index in [2.05, 4.69) is 34.0 Å². The molecule has 7 heteroatoms. The summed E-state index contributed by atoms with van der Waals surface area (Å²) in [6, 6.07) is 6.11. The summed E-state index contributed by atoms with van der Waals surface area (Å²) in [6.45, 7) is 4.80. The molecule has 6 nitrogen and oxygen atoms in total. The number of pyridine rings is 1. The summed E-state index contributed by atoms with van der Waals surface area (Å²) >= 11 is 3.50. The number of carbonyl (C=O) groups is 1. The van der Waals surface area contributed by atoms with Crippen molar-refractivity contribution in [2.24, 2.45) is 7.05 Å². The number of benzene rings is 1. The summed E-state index contributed by atoms with van der Waals surface area (Å²) in [4.78, 5) is 19.6. The molecule has 0 aliphatic carbocycles. The first-order valence-electron chi connectivity index (χ1n) is 9.36. The normalized spacial score (nSPS) is 13.2. The van der Waals surface area contributed by atoms with Gasteiger partial charge in [-0.05, 0) is 61.6 Å². The Morgan fingerprint density at radius 2 is 2.11 bits per heavy atom. The second-order valence-corrected chi connectivity index (χ2v) is 8.12. The summed E-state index contributed by atoms with van der Waals surface area (Å²) in [5.74, 6) is 0.729. The number of fused-ring (bicyclic) bond motifs is 2. The van der Waals surface area contributed by atoms with Crippen LogP contribution in [0, 0.1) is 13.8 Å². The number of hydrogen-bond donors (Lipinski definition) is 0. The second-order valence-electron chi connectivity index (χ2n) is 7.20. The number of hydrogen-bond acceptors (Lipinski definition) is 4. The fourth-order valence-corrected chi connectivity index (χ4v) is 4.51. The Morgan fingerprint density at radius 1 is 1.32 bits per heavy atom. The maximum Gasteiger partial charge on any atom is 0.242 e. The molecule has 3 aromatic rings. The molecular weight excluding hydrogens is 420 g/mol. The van der Waals surface area contributed by atoms with Crippen molar-refractivity contribution in [3.63, 3.8) is 0 Å². The number of aryl methyl sites for hydroxylation is 3. The van der Waals surface area contributed by atoms with Gasteiger partial charge in [0.15, 0.2) is 5.65 Å². The summed E-state index contributed by atoms with van der Waals surface area (Å²) in [6.07, 6.45) is 2.01. The van der Waals surface area contributed by atoms with Gasteiger partial charge in [-0.25, -0.2) is 9.67 Å². The molecule has 146 valence electrons. The standard InChI is InChI=1S/C21H23BrN4O2/c1-12-16(13(2)23-20-19(12)21(28-4)24-25(20)3)6-8-18(27)26-10-9-14-11-15(22)5-7-17(14)26/h5,7,11H,6,8-10H2,1-4H3. The zero-order valence-electron chi connectivity index (χ0n) is 16.5. The molecule has 0 bridgehead atoms. The highest BCUT2D eigenvalue weighted by atomic mass is 79.9. The highest BCUT2D eigenvalue weighted by Gasteiger charge is 2.25. The molecule has 1 aliphatic rings. The molecule has 1 amide bonds. The van der Waals surface area contributed by atoms with Crippen LogP contribution in [0.2, 0.25) is 0 Å². The average Bonchev–Trinajstić information content (AvgIpc) is 3.22. The summed E-state index contributed by atoms with van der Waals surface area (Å²) in [5, 5.41) is 5.32. The molecule has 4 rings (SSSR count). The largest absolute Gasteiger partial charge is 0.479 e. The Kier molecular flexibility index (Phi) is 4.87. The average molecular weight is 443 g/mol. The van der Waals surface area contributed by atoms with Gasteiger partial charge in [-0.2, -0.15) is 0 Å². The third-order valence-electron chi connectivity index (χ3n) is 5.54. The van der Waals surface area contributed by atoms with Crippen LogP contribution in [0.4, 0.5) is 5.69 Å². The second kappa shape index (κ2) is 7.20. The van der Waals surface area contributed by atoms with Gasteiger partial charge in [0.1, 0.15) is 0 Å². The van der Waals surface area contributed by atoms with Gasteiger partial charge in [-0.1, -0.05) is 15.9 Å². The van der Waals surface area contributed by atoms with Gasteiger partial charge >= 0.3 is 0 Å². The number of rotatable bonds is 4. The lowest BCUT2D eigenvalue weighted by atomic mass is 10.00. The van der Waals surface area contributed by atoms with Crippen LogP contribution in [0.25, 0.3) is 11.0 Å². The molecule has 1 aliphatic heterocycles. The van der Waals surface area contributed by atoms with E-state index in [1.54, 1.807) is 11.8 Å². The lowest BCUT2D eigenvalue weighted by Gasteiger charge is -2.18. The first kappa shape index (κ1) is 18.9. The number of methoxy groups -OCH3 is 1. The first-order chi connectivity index (χ1) is 13.4. The molecule has 1 aromatic carbocycles. The van der Waals surface area contributed by atoms with Gasteiger partial charge in [-0.3, -0.25) is 4.79 Å². The number of halogens is 1. The van der Waals surface area contributed by atoms with Crippen LogP contribution < -0.4 is 9.64 Å². The predicted octanol–water partition coefficient (Wildman–Crippen LogP) is 3.88.